The molecular weight excluding hydrogens is 194 g/mol. The highest BCUT2D eigenvalue weighted by Crippen LogP contribution is 2.29. The van der Waals surface area contributed by atoms with Crippen molar-refractivity contribution in [3.63, 3.8) is 0 Å². The second-order valence-corrected chi connectivity index (χ2v) is 4.04. The molecule has 0 atom stereocenters. The van der Waals surface area contributed by atoms with Gasteiger partial charge in [-0.15, -0.1) is 0 Å². The molecule has 0 unspecified atom stereocenters. The molecule has 0 saturated heterocycles. The zero-order valence-electron chi connectivity index (χ0n) is 8.70. The van der Waals surface area contributed by atoms with Gasteiger partial charge >= 0.3 is 0 Å². The van der Waals surface area contributed by atoms with Crippen molar-refractivity contribution < 1.29 is 4.74 Å². The summed E-state index contributed by atoms with van der Waals surface area (Å²) >= 11 is 1.56. The van der Waals surface area contributed by atoms with Crippen LogP contribution in [0.4, 0.5) is 0 Å². The van der Waals surface area contributed by atoms with E-state index >= 15 is 0 Å². The Labute approximate surface area is 89.1 Å². The monoisotopic (exact) mass is 209 g/mol. The molecule has 0 spiro atoms. The summed E-state index contributed by atoms with van der Waals surface area (Å²) in [5.74, 6) is 0.863. The highest BCUT2D eigenvalue weighted by Gasteiger charge is 2.02. The first-order valence-corrected chi connectivity index (χ1v) is 5.23. The van der Waals surface area contributed by atoms with Gasteiger partial charge in [0.2, 0.25) is 0 Å². The summed E-state index contributed by atoms with van der Waals surface area (Å²) in [6.07, 6.45) is 1.89. The van der Waals surface area contributed by atoms with Crippen molar-refractivity contribution in [1.29, 1.82) is 0 Å². The number of benzene rings is 1. The quantitative estimate of drug-likeness (QED) is 0.777. The third-order valence-corrected chi connectivity index (χ3v) is 3.04. The van der Waals surface area contributed by atoms with E-state index in [0.29, 0.717) is 0 Å². The fraction of sp³-hybridized carbons (Fsp3) is 0.273. The molecule has 3 heteroatoms. The SMILES string of the molecule is C/C=C(/N)Sc1cc(OC)ccc1C. The minimum absolute atomic E-state index is 0.807. The molecule has 0 amide bonds. The van der Waals surface area contributed by atoms with Crippen LogP contribution >= 0.6 is 11.8 Å². The van der Waals surface area contributed by atoms with Crippen molar-refractivity contribution in [2.75, 3.05) is 7.11 Å². The molecule has 0 aromatic heterocycles. The molecule has 0 aliphatic carbocycles. The second-order valence-electron chi connectivity index (χ2n) is 2.92. The topological polar surface area (TPSA) is 35.2 Å². The molecule has 0 bridgehead atoms. The highest BCUT2D eigenvalue weighted by atomic mass is 32.2. The summed E-state index contributed by atoms with van der Waals surface area (Å²) < 4.78 is 5.15. The van der Waals surface area contributed by atoms with E-state index in [2.05, 4.69) is 6.92 Å². The van der Waals surface area contributed by atoms with Crippen molar-refractivity contribution >= 4 is 11.8 Å². The molecule has 14 heavy (non-hydrogen) atoms. The van der Waals surface area contributed by atoms with E-state index < -0.39 is 0 Å². The Morgan fingerprint density at radius 1 is 1.50 bits per heavy atom. The minimum Gasteiger partial charge on any atom is -0.497 e. The Morgan fingerprint density at radius 2 is 2.21 bits per heavy atom. The Bertz CT molecular complexity index is 347. The van der Waals surface area contributed by atoms with E-state index in [9.17, 15) is 0 Å². The fourth-order valence-electron chi connectivity index (χ4n) is 1.00. The first-order chi connectivity index (χ1) is 6.67. The van der Waals surface area contributed by atoms with Gasteiger partial charge in [0.05, 0.1) is 12.1 Å². The van der Waals surface area contributed by atoms with Gasteiger partial charge in [0.1, 0.15) is 5.75 Å². The predicted octanol–water partition coefficient (Wildman–Crippen LogP) is 2.92. The summed E-state index contributed by atoms with van der Waals surface area (Å²) in [7, 11) is 1.66. The van der Waals surface area contributed by atoms with Crippen molar-refractivity contribution in [2.24, 2.45) is 5.73 Å². The van der Waals surface area contributed by atoms with Gasteiger partial charge in [-0.1, -0.05) is 23.9 Å². The Balaban J connectivity index is 2.95. The summed E-state index contributed by atoms with van der Waals surface area (Å²) in [5, 5.41) is 0.807. The molecule has 0 radical (unpaired) electrons. The second kappa shape index (κ2) is 4.96. The third kappa shape index (κ3) is 2.70. The van der Waals surface area contributed by atoms with E-state index in [-0.39, 0.29) is 0 Å². The average Bonchev–Trinajstić information content (AvgIpc) is 2.21. The summed E-state index contributed by atoms with van der Waals surface area (Å²) in [6.45, 7) is 3.99. The lowest BCUT2D eigenvalue weighted by Gasteiger charge is -2.07. The van der Waals surface area contributed by atoms with Gasteiger partial charge in [0, 0.05) is 4.90 Å². The zero-order valence-corrected chi connectivity index (χ0v) is 9.52. The number of rotatable bonds is 3. The van der Waals surface area contributed by atoms with Gasteiger partial charge in [-0.25, -0.2) is 0 Å². The number of hydrogen-bond donors (Lipinski definition) is 1. The first kappa shape index (κ1) is 11.0. The molecular formula is C11H15NOS. The molecule has 76 valence electrons. The lowest BCUT2D eigenvalue weighted by atomic mass is 10.2. The van der Waals surface area contributed by atoms with Crippen LogP contribution in [0.3, 0.4) is 0 Å². The minimum atomic E-state index is 0.807. The molecule has 0 aliphatic heterocycles. The van der Waals surface area contributed by atoms with Crippen molar-refractivity contribution in [1.82, 2.24) is 0 Å². The normalized spacial score (nSPS) is 11.5. The van der Waals surface area contributed by atoms with Crippen LogP contribution < -0.4 is 10.5 Å². The van der Waals surface area contributed by atoms with E-state index in [1.807, 2.05) is 31.2 Å². The van der Waals surface area contributed by atoms with Crippen LogP contribution in [-0.4, -0.2) is 7.11 Å². The largest absolute Gasteiger partial charge is 0.497 e. The zero-order chi connectivity index (χ0) is 10.6. The summed E-state index contributed by atoms with van der Waals surface area (Å²) in [6, 6.07) is 5.98. The molecule has 0 saturated carbocycles. The maximum absolute atomic E-state index is 5.75. The molecule has 1 rings (SSSR count). The van der Waals surface area contributed by atoms with Crippen molar-refractivity contribution in [3.05, 3.63) is 34.9 Å². The van der Waals surface area contributed by atoms with Gasteiger partial charge in [0.25, 0.3) is 0 Å². The Kier molecular flexibility index (Phi) is 3.89. The number of allylic oxidation sites excluding steroid dienone is 1. The predicted molar refractivity (Wildman–Crippen MR) is 61.5 cm³/mol. The standard InChI is InChI=1S/C11H15NOS/c1-4-11(12)14-10-7-9(13-3)6-5-8(10)2/h4-7H,12H2,1-3H3/b11-4-. The summed E-state index contributed by atoms with van der Waals surface area (Å²) in [5.41, 5.74) is 6.96. The molecule has 0 heterocycles. The molecule has 2 nitrogen and oxygen atoms in total. The number of ether oxygens (including phenoxy) is 1. The molecule has 1 aromatic rings. The molecule has 2 N–H and O–H groups in total. The van der Waals surface area contributed by atoms with E-state index in [1.165, 1.54) is 5.56 Å². The van der Waals surface area contributed by atoms with Gasteiger partial charge in [0.15, 0.2) is 0 Å². The van der Waals surface area contributed by atoms with Gasteiger partial charge in [-0.3, -0.25) is 0 Å². The average molecular weight is 209 g/mol. The van der Waals surface area contributed by atoms with Crippen LogP contribution in [0.5, 0.6) is 5.75 Å². The van der Waals surface area contributed by atoms with E-state index in [4.69, 9.17) is 10.5 Å². The fourth-order valence-corrected chi connectivity index (χ4v) is 1.78. The number of methoxy groups -OCH3 is 1. The number of thioether (sulfide) groups is 1. The Morgan fingerprint density at radius 3 is 2.79 bits per heavy atom. The smallest absolute Gasteiger partial charge is 0.120 e. The maximum atomic E-state index is 5.75. The highest BCUT2D eigenvalue weighted by molar-refractivity contribution is 8.03. The maximum Gasteiger partial charge on any atom is 0.120 e. The Hall–Kier alpha value is -1.09. The van der Waals surface area contributed by atoms with E-state index in [0.717, 1.165) is 15.7 Å². The van der Waals surface area contributed by atoms with Gasteiger partial charge in [-0.2, -0.15) is 0 Å². The van der Waals surface area contributed by atoms with E-state index in [1.54, 1.807) is 18.9 Å². The lowest BCUT2D eigenvalue weighted by molar-refractivity contribution is 0.413. The van der Waals surface area contributed by atoms with Crippen molar-refractivity contribution in [3.8, 4) is 5.75 Å². The number of aryl methyl sites for hydroxylation is 1. The molecule has 1 aromatic carbocycles. The van der Waals surface area contributed by atoms with Crippen LogP contribution in [0, 0.1) is 6.92 Å². The van der Waals surface area contributed by atoms with Crippen molar-refractivity contribution in [2.45, 2.75) is 18.7 Å². The molecule has 0 aliphatic rings. The summed E-state index contributed by atoms with van der Waals surface area (Å²) in [4.78, 5) is 1.14. The van der Waals surface area contributed by atoms with Crippen LogP contribution in [0.25, 0.3) is 0 Å². The van der Waals surface area contributed by atoms with Gasteiger partial charge < -0.3 is 10.5 Å². The van der Waals surface area contributed by atoms with Crippen LogP contribution in [-0.2, 0) is 0 Å². The first-order valence-electron chi connectivity index (χ1n) is 4.41. The van der Waals surface area contributed by atoms with Gasteiger partial charge in [-0.05, 0) is 31.5 Å². The lowest BCUT2D eigenvalue weighted by Crippen LogP contribution is -1.92. The third-order valence-electron chi connectivity index (χ3n) is 1.91. The van der Waals surface area contributed by atoms with Crippen LogP contribution in [0.1, 0.15) is 12.5 Å². The molecule has 0 fully saturated rings. The number of nitrogens with two attached hydrogens (primary N) is 1. The van der Waals surface area contributed by atoms with Crippen LogP contribution in [0.2, 0.25) is 0 Å². The number of hydrogen-bond acceptors (Lipinski definition) is 3. The van der Waals surface area contributed by atoms with Crippen LogP contribution in [0.15, 0.2) is 34.2 Å².